The van der Waals surface area contributed by atoms with Gasteiger partial charge in [0, 0.05) is 41.8 Å². The predicted octanol–water partition coefficient (Wildman–Crippen LogP) is -6.86. The Morgan fingerprint density at radius 3 is 1.58 bits per heavy atom. The number of carbonyl (C=O) groups excluding carboxylic acids is 1. The van der Waals surface area contributed by atoms with E-state index in [1.54, 1.807) is 0 Å². The highest BCUT2D eigenvalue weighted by Crippen LogP contribution is 2.41. The lowest BCUT2D eigenvalue weighted by molar-refractivity contribution is -0.378. The summed E-state index contributed by atoms with van der Waals surface area (Å²) < 4.78 is 73.6. The molecule has 0 aromatic heterocycles. The zero-order chi connectivity index (χ0) is 47.3. The van der Waals surface area contributed by atoms with Crippen LogP contribution in [0.4, 0.5) is 0 Å². The molecule has 5 saturated heterocycles. The van der Waals surface area contributed by atoms with Crippen LogP contribution in [0.5, 0.6) is 0 Å². The number of aliphatic hydroxyl groups excluding tert-OH is 9. The summed E-state index contributed by atoms with van der Waals surface area (Å²) in [4.78, 5) is 37.3. The molecular weight excluding hydrogens is 876 g/mol. The monoisotopic (exact) mass is 936 g/mol. The molecule has 0 aromatic rings. The van der Waals surface area contributed by atoms with Crippen LogP contribution in [-0.4, -0.2) is 263 Å². The zero-order valence-electron chi connectivity index (χ0n) is 35.3. The number of carboxylic acid groups (broad SMARTS) is 2. The Kier molecular flexibility index (Phi) is 18.9. The average molecular weight is 937 g/mol. The van der Waals surface area contributed by atoms with Crippen LogP contribution < -0.4 is 0 Å². The van der Waals surface area contributed by atoms with Gasteiger partial charge in [0.2, 0.25) is 0 Å². The fourth-order valence-corrected chi connectivity index (χ4v) is 8.84. The number of aliphatic hydroxyl groups is 9. The molecule has 5 fully saturated rings. The maximum atomic E-state index is 12.8. The summed E-state index contributed by atoms with van der Waals surface area (Å²) in [6, 6.07) is 0. The Bertz CT molecular complexity index is 1500. The number of aliphatic carboxylic acids is 2. The normalized spacial score (nSPS) is 46.6. The Hall–Kier alpha value is -2.43. The molecule has 24 atom stereocenters. The zero-order valence-corrected chi connectivity index (χ0v) is 35.3. The maximum absolute atomic E-state index is 12.8. The van der Waals surface area contributed by atoms with Gasteiger partial charge in [-0.25, -0.2) is 4.79 Å². The molecule has 11 N–H and O–H groups in total. The second kappa shape index (κ2) is 23.0. The third kappa shape index (κ3) is 11.1. The quantitative estimate of drug-likeness (QED) is 0.0569. The standard InChI is InChI=1S/C37H60O27/c1-11(41)56-33-31(54-4)19(30-21(45)20(44)27(53-3)14(8-38)58-30)32(34(50)51)64-37(33)63-29-16(10-40)60-36(25(49)23(29)47)62-26-12(52-2)7-18(57-13(26)6-17(42)43)61-28-15(9-39)59-35(55-5)24(48)22(28)46/h12-16,18-33,35-40,44-49H,6-10H2,1-5H3,(H,42,43)(H,50,51)/t12-,13+,14-,15-,16-,18+,19?,20-,21-,22-,23-,24-,25-,26+,27-,28-,29-,30-,31+,32+,33-,35+,36-,37-/m1/s1. The maximum Gasteiger partial charge on any atom is 0.333 e. The Labute approximate surface area is 365 Å². The third-order valence-electron chi connectivity index (χ3n) is 11.9. The van der Waals surface area contributed by atoms with Gasteiger partial charge in [-0.05, 0) is 0 Å². The highest BCUT2D eigenvalue weighted by atomic mass is 16.8. The first-order valence-corrected chi connectivity index (χ1v) is 20.3. The topological polar surface area (TPSA) is 394 Å². The molecule has 5 aliphatic rings. The van der Waals surface area contributed by atoms with Crippen LogP contribution in [0.25, 0.3) is 0 Å². The molecule has 64 heavy (non-hydrogen) atoms. The van der Waals surface area contributed by atoms with E-state index in [2.05, 4.69) is 0 Å². The summed E-state index contributed by atoms with van der Waals surface area (Å²) in [7, 11) is 4.72. The molecule has 0 radical (unpaired) electrons. The van der Waals surface area contributed by atoms with Crippen LogP contribution in [0.2, 0.25) is 0 Å². The van der Waals surface area contributed by atoms with Gasteiger partial charge in [0.15, 0.2) is 37.4 Å². The number of ether oxygens (including phenoxy) is 13. The van der Waals surface area contributed by atoms with Gasteiger partial charge in [-0.15, -0.1) is 0 Å². The number of rotatable bonds is 18. The van der Waals surface area contributed by atoms with Crippen LogP contribution in [-0.2, 0) is 76.0 Å². The smallest absolute Gasteiger partial charge is 0.333 e. The summed E-state index contributed by atoms with van der Waals surface area (Å²) >= 11 is 0. The molecule has 0 aromatic carbocycles. The molecule has 0 saturated carbocycles. The number of esters is 1. The minimum Gasteiger partial charge on any atom is -0.481 e. The van der Waals surface area contributed by atoms with Crippen molar-refractivity contribution in [3.8, 4) is 0 Å². The fraction of sp³-hybridized carbons (Fsp3) is 0.919. The van der Waals surface area contributed by atoms with Crippen molar-refractivity contribution in [2.75, 3.05) is 48.3 Å². The van der Waals surface area contributed by atoms with E-state index in [1.165, 1.54) is 21.3 Å². The minimum absolute atomic E-state index is 0.249. The first kappa shape index (κ1) is 52.5. The van der Waals surface area contributed by atoms with Crippen molar-refractivity contribution in [1.29, 1.82) is 0 Å². The number of carbonyl (C=O) groups is 3. The Morgan fingerprint density at radius 1 is 0.531 bits per heavy atom. The first-order valence-electron chi connectivity index (χ1n) is 20.3. The van der Waals surface area contributed by atoms with E-state index >= 15 is 0 Å². The molecule has 5 rings (SSSR count). The van der Waals surface area contributed by atoms with Gasteiger partial charge < -0.3 is 118 Å². The molecule has 0 amide bonds. The molecule has 0 aliphatic carbocycles. The van der Waals surface area contributed by atoms with E-state index < -0.39 is 191 Å². The van der Waals surface area contributed by atoms with Crippen molar-refractivity contribution in [3.05, 3.63) is 0 Å². The average Bonchev–Trinajstić information content (AvgIpc) is 3.26. The highest BCUT2D eigenvalue weighted by molar-refractivity contribution is 5.73. The second-order valence-corrected chi connectivity index (χ2v) is 15.8. The predicted molar refractivity (Wildman–Crippen MR) is 198 cm³/mol. The Morgan fingerprint density at radius 2 is 1.06 bits per heavy atom. The summed E-state index contributed by atoms with van der Waals surface area (Å²) in [5, 5.41) is 117. The van der Waals surface area contributed by atoms with Crippen molar-refractivity contribution in [2.45, 2.75) is 161 Å². The lowest BCUT2D eigenvalue weighted by atomic mass is 9.78. The third-order valence-corrected chi connectivity index (χ3v) is 11.9. The van der Waals surface area contributed by atoms with E-state index in [0.717, 1.165) is 14.0 Å². The number of methoxy groups -OCH3 is 4. The van der Waals surface area contributed by atoms with Gasteiger partial charge in [-0.1, -0.05) is 0 Å². The molecule has 0 bridgehead atoms. The van der Waals surface area contributed by atoms with Crippen molar-refractivity contribution in [2.24, 2.45) is 5.92 Å². The summed E-state index contributed by atoms with van der Waals surface area (Å²) in [6.07, 6.45) is -38.3. The summed E-state index contributed by atoms with van der Waals surface area (Å²) in [6.45, 7) is -1.41. The van der Waals surface area contributed by atoms with Crippen molar-refractivity contribution in [3.63, 3.8) is 0 Å². The molecule has 1 unspecified atom stereocenters. The number of hydrogen-bond acceptors (Lipinski definition) is 25. The molecule has 370 valence electrons. The fourth-order valence-electron chi connectivity index (χ4n) is 8.84. The molecule has 0 spiro atoms. The summed E-state index contributed by atoms with van der Waals surface area (Å²) in [5.74, 6) is -5.65. The van der Waals surface area contributed by atoms with Crippen LogP contribution in [0.1, 0.15) is 19.8 Å². The van der Waals surface area contributed by atoms with E-state index in [1.807, 2.05) is 0 Å². The van der Waals surface area contributed by atoms with Crippen molar-refractivity contribution in [1.82, 2.24) is 0 Å². The van der Waals surface area contributed by atoms with Gasteiger partial charge in [-0.2, -0.15) is 0 Å². The Balaban J connectivity index is 1.36. The van der Waals surface area contributed by atoms with E-state index in [-0.39, 0.29) is 6.42 Å². The van der Waals surface area contributed by atoms with Crippen LogP contribution >= 0.6 is 0 Å². The summed E-state index contributed by atoms with van der Waals surface area (Å²) in [5.41, 5.74) is 0. The lowest BCUT2D eigenvalue weighted by Gasteiger charge is -2.52. The molecule has 27 heteroatoms. The number of carboxylic acids is 2. The highest BCUT2D eigenvalue weighted by Gasteiger charge is 2.61. The van der Waals surface area contributed by atoms with Crippen LogP contribution in [0.3, 0.4) is 0 Å². The molecule has 5 heterocycles. The van der Waals surface area contributed by atoms with Crippen molar-refractivity contribution >= 4 is 17.9 Å². The van der Waals surface area contributed by atoms with Gasteiger partial charge in [-0.3, -0.25) is 9.59 Å². The minimum atomic E-state index is -2.09. The van der Waals surface area contributed by atoms with E-state index in [4.69, 9.17) is 61.6 Å². The van der Waals surface area contributed by atoms with E-state index in [9.17, 15) is 70.6 Å². The van der Waals surface area contributed by atoms with Gasteiger partial charge in [0.25, 0.3) is 0 Å². The largest absolute Gasteiger partial charge is 0.481 e. The van der Waals surface area contributed by atoms with Gasteiger partial charge >= 0.3 is 17.9 Å². The molecule has 27 nitrogen and oxygen atoms in total. The number of hydrogen-bond donors (Lipinski definition) is 11. The van der Waals surface area contributed by atoms with Gasteiger partial charge in [0.1, 0.15) is 85.5 Å². The van der Waals surface area contributed by atoms with Gasteiger partial charge in [0.05, 0.1) is 50.5 Å². The SMILES string of the molecule is CO[C@H]1O[C@H](CO)[C@@H](O[C@H]2C[C@@H](OC)[C@H](O[C@H]3O[C@H](CO)[C@@H](O[C@@H]4O[C@H](C(=O)O)C([C@H]5O[C@H](CO)[C@@H](OC)[C@H](O)[C@H]5O)[C@H](OC)[C@H]4OC(C)=O)[C@H](O)[C@H]3O)[C@H](CC(=O)O)O2)[C@H](O)[C@H]1O. The van der Waals surface area contributed by atoms with Crippen LogP contribution in [0, 0.1) is 5.92 Å². The molecular formula is C37H60O27. The lowest BCUT2D eigenvalue weighted by Crippen LogP contribution is -2.70. The second-order valence-electron chi connectivity index (χ2n) is 15.8. The first-order chi connectivity index (χ1) is 30.4. The molecule has 5 aliphatic heterocycles. The van der Waals surface area contributed by atoms with E-state index in [0.29, 0.717) is 0 Å². The van der Waals surface area contributed by atoms with Crippen LogP contribution in [0.15, 0.2) is 0 Å². The van der Waals surface area contributed by atoms with Crippen molar-refractivity contribution < 1.29 is 132 Å².